The van der Waals surface area contributed by atoms with Gasteiger partial charge < -0.3 is 0 Å². The molecule has 25 heavy (non-hydrogen) atoms. The van der Waals surface area contributed by atoms with E-state index in [1.165, 1.54) is 0 Å². The fourth-order valence-electron chi connectivity index (χ4n) is 3.09. The number of allylic oxidation sites excluding steroid dienone is 4. The number of hydrogen-bond donors (Lipinski definition) is 0. The second kappa shape index (κ2) is 6.74. The molecule has 2 atom stereocenters. The molecule has 0 aliphatic heterocycles. The van der Waals surface area contributed by atoms with Gasteiger partial charge in [-0.3, -0.25) is 9.59 Å². The average molecular weight is 338 g/mol. The first-order chi connectivity index (χ1) is 11.4. The zero-order chi connectivity index (χ0) is 19.0. The van der Waals surface area contributed by atoms with E-state index in [0.29, 0.717) is 0 Å². The first kappa shape index (κ1) is 19.4. The Kier molecular flexibility index (Phi) is 5.22. The zero-order valence-corrected chi connectivity index (χ0v) is 16.5. The van der Waals surface area contributed by atoms with Crippen LogP contribution in [0.4, 0.5) is 0 Å². The largest absolute Gasteiger partial charge is 0.298 e. The molecule has 1 aromatic rings. The van der Waals surface area contributed by atoms with E-state index in [0.717, 1.165) is 16.7 Å². The molecule has 1 aliphatic rings. The SMILES string of the molecule is CC1C=C(c2ccc(C(=O)C(C)(C)C)cc2)C=CC1C(=O)C(C)(C)C. The molecule has 0 saturated heterocycles. The zero-order valence-electron chi connectivity index (χ0n) is 16.5. The van der Waals surface area contributed by atoms with Crippen LogP contribution in [0, 0.1) is 22.7 Å². The molecule has 0 amide bonds. The van der Waals surface area contributed by atoms with Crippen molar-refractivity contribution in [3.05, 3.63) is 53.6 Å². The Balaban J connectivity index is 2.20. The van der Waals surface area contributed by atoms with Crippen molar-refractivity contribution in [2.24, 2.45) is 22.7 Å². The summed E-state index contributed by atoms with van der Waals surface area (Å²) in [6, 6.07) is 7.78. The summed E-state index contributed by atoms with van der Waals surface area (Å²) >= 11 is 0. The molecule has 0 spiro atoms. The van der Waals surface area contributed by atoms with Crippen molar-refractivity contribution in [3.63, 3.8) is 0 Å². The predicted octanol–water partition coefficient (Wildman–Crippen LogP) is 5.74. The van der Waals surface area contributed by atoms with Crippen LogP contribution in [0.3, 0.4) is 0 Å². The fraction of sp³-hybridized carbons (Fsp3) is 0.478. The van der Waals surface area contributed by atoms with E-state index in [9.17, 15) is 9.59 Å². The lowest BCUT2D eigenvalue weighted by Gasteiger charge is -2.28. The molecule has 0 aromatic heterocycles. The molecule has 2 heteroatoms. The molecule has 0 saturated carbocycles. The highest BCUT2D eigenvalue weighted by molar-refractivity contribution is 6.00. The van der Waals surface area contributed by atoms with E-state index in [-0.39, 0.29) is 34.2 Å². The smallest absolute Gasteiger partial charge is 0.168 e. The predicted molar refractivity (Wildman–Crippen MR) is 104 cm³/mol. The van der Waals surface area contributed by atoms with E-state index in [2.05, 4.69) is 13.0 Å². The number of rotatable bonds is 3. The quantitative estimate of drug-likeness (QED) is 0.659. The van der Waals surface area contributed by atoms with Gasteiger partial charge in [0, 0.05) is 22.3 Å². The minimum atomic E-state index is -0.374. The van der Waals surface area contributed by atoms with E-state index in [4.69, 9.17) is 0 Å². The highest BCUT2D eigenvalue weighted by Crippen LogP contribution is 2.33. The lowest BCUT2D eigenvalue weighted by Crippen LogP contribution is -2.31. The van der Waals surface area contributed by atoms with Gasteiger partial charge in [-0.15, -0.1) is 0 Å². The molecule has 1 aromatic carbocycles. The molecule has 2 unspecified atom stereocenters. The molecule has 0 bridgehead atoms. The van der Waals surface area contributed by atoms with Crippen molar-refractivity contribution >= 4 is 17.1 Å². The first-order valence-corrected chi connectivity index (χ1v) is 9.01. The molecular weight excluding hydrogens is 308 g/mol. The van der Waals surface area contributed by atoms with Gasteiger partial charge >= 0.3 is 0 Å². The molecular formula is C23H30O2. The van der Waals surface area contributed by atoms with Crippen LogP contribution in [-0.4, -0.2) is 11.6 Å². The van der Waals surface area contributed by atoms with Gasteiger partial charge in [0.05, 0.1) is 0 Å². The van der Waals surface area contributed by atoms with E-state index in [1.54, 1.807) is 0 Å². The highest BCUT2D eigenvalue weighted by atomic mass is 16.1. The molecule has 0 heterocycles. The molecule has 0 fully saturated rings. The van der Waals surface area contributed by atoms with Gasteiger partial charge in [-0.25, -0.2) is 0 Å². The number of Topliss-reactive ketones (excluding diaryl/α,β-unsaturated/α-hetero) is 2. The molecule has 0 N–H and O–H groups in total. The van der Waals surface area contributed by atoms with Crippen LogP contribution in [0.1, 0.15) is 64.4 Å². The summed E-state index contributed by atoms with van der Waals surface area (Å²) in [6.07, 6.45) is 6.23. The second-order valence-electron chi connectivity index (χ2n) is 9.14. The minimum Gasteiger partial charge on any atom is -0.298 e. The van der Waals surface area contributed by atoms with Crippen LogP contribution >= 0.6 is 0 Å². The molecule has 0 radical (unpaired) electrons. The van der Waals surface area contributed by atoms with Gasteiger partial charge in [0.1, 0.15) is 5.78 Å². The average Bonchev–Trinajstić information content (AvgIpc) is 2.52. The standard InChI is InChI=1S/C23H30O2/c1-15-14-18(12-13-19(15)21(25)23(5,6)7)16-8-10-17(11-9-16)20(24)22(2,3)4/h8-15,19H,1-7H3. The first-order valence-electron chi connectivity index (χ1n) is 9.01. The van der Waals surface area contributed by atoms with Crippen molar-refractivity contribution < 1.29 is 9.59 Å². The van der Waals surface area contributed by atoms with E-state index < -0.39 is 0 Å². The maximum Gasteiger partial charge on any atom is 0.168 e. The number of benzene rings is 1. The normalized spacial score (nSPS) is 21.0. The number of carbonyl (C=O) groups excluding carboxylic acids is 2. The van der Waals surface area contributed by atoms with Gasteiger partial charge in [-0.2, -0.15) is 0 Å². The van der Waals surface area contributed by atoms with E-state index in [1.807, 2.05) is 78.0 Å². The van der Waals surface area contributed by atoms with Crippen molar-refractivity contribution in [2.75, 3.05) is 0 Å². The molecule has 134 valence electrons. The fourth-order valence-corrected chi connectivity index (χ4v) is 3.09. The number of carbonyl (C=O) groups is 2. The Labute approximate surface area is 152 Å². The van der Waals surface area contributed by atoms with Crippen LogP contribution in [0.5, 0.6) is 0 Å². The van der Waals surface area contributed by atoms with Crippen LogP contribution in [0.25, 0.3) is 5.57 Å². The third-order valence-electron chi connectivity index (χ3n) is 4.70. The minimum absolute atomic E-state index is 0.0644. The Morgan fingerprint density at radius 1 is 0.880 bits per heavy atom. The molecule has 1 aliphatic carbocycles. The summed E-state index contributed by atoms with van der Waals surface area (Å²) in [4.78, 5) is 24.9. The maximum atomic E-state index is 12.6. The third-order valence-corrected chi connectivity index (χ3v) is 4.70. The summed E-state index contributed by atoms with van der Waals surface area (Å²) in [5.41, 5.74) is 2.23. The second-order valence-corrected chi connectivity index (χ2v) is 9.14. The Morgan fingerprint density at radius 3 is 1.88 bits per heavy atom. The van der Waals surface area contributed by atoms with Gasteiger partial charge in [-0.05, 0) is 17.1 Å². The van der Waals surface area contributed by atoms with Crippen molar-refractivity contribution in [2.45, 2.75) is 48.5 Å². The van der Waals surface area contributed by atoms with Crippen LogP contribution in [0.15, 0.2) is 42.5 Å². The highest BCUT2D eigenvalue weighted by Gasteiger charge is 2.32. The van der Waals surface area contributed by atoms with Crippen molar-refractivity contribution in [1.29, 1.82) is 0 Å². The summed E-state index contributed by atoms with van der Waals surface area (Å²) in [7, 11) is 0. The lowest BCUT2D eigenvalue weighted by molar-refractivity contribution is -0.129. The van der Waals surface area contributed by atoms with Crippen LogP contribution < -0.4 is 0 Å². The summed E-state index contributed by atoms with van der Waals surface area (Å²) in [6.45, 7) is 13.8. The Morgan fingerprint density at radius 2 is 1.44 bits per heavy atom. The van der Waals surface area contributed by atoms with E-state index >= 15 is 0 Å². The van der Waals surface area contributed by atoms with Crippen LogP contribution in [0.2, 0.25) is 0 Å². The van der Waals surface area contributed by atoms with Crippen LogP contribution in [-0.2, 0) is 4.79 Å². The van der Waals surface area contributed by atoms with Gasteiger partial charge in [0.2, 0.25) is 0 Å². The van der Waals surface area contributed by atoms with Crippen molar-refractivity contribution in [1.82, 2.24) is 0 Å². The topological polar surface area (TPSA) is 34.1 Å². The summed E-state index contributed by atoms with van der Waals surface area (Å²) < 4.78 is 0. The summed E-state index contributed by atoms with van der Waals surface area (Å²) in [5, 5.41) is 0. The lowest BCUT2D eigenvalue weighted by atomic mass is 9.74. The van der Waals surface area contributed by atoms with Crippen molar-refractivity contribution in [3.8, 4) is 0 Å². The monoisotopic (exact) mass is 338 g/mol. The molecule has 2 rings (SSSR count). The Hall–Kier alpha value is -1.96. The van der Waals surface area contributed by atoms with Gasteiger partial charge in [-0.1, -0.05) is 91.0 Å². The van der Waals surface area contributed by atoms with Gasteiger partial charge in [0.15, 0.2) is 5.78 Å². The third kappa shape index (κ3) is 4.36. The molecule has 2 nitrogen and oxygen atoms in total. The van der Waals surface area contributed by atoms with Gasteiger partial charge in [0.25, 0.3) is 0 Å². The maximum absolute atomic E-state index is 12.6. The summed E-state index contributed by atoms with van der Waals surface area (Å²) in [5.74, 6) is 0.530. The Bertz CT molecular complexity index is 719. The number of hydrogen-bond acceptors (Lipinski definition) is 2. The number of ketones is 2.